The molecule has 1 atom stereocenters. The molecule has 108 valence electrons. The van der Waals surface area contributed by atoms with Crippen LogP contribution in [0.4, 0.5) is 5.69 Å². The summed E-state index contributed by atoms with van der Waals surface area (Å²) in [6, 6.07) is 7.64. The van der Waals surface area contributed by atoms with Crippen LogP contribution in [0.25, 0.3) is 0 Å². The molecule has 0 aromatic heterocycles. The van der Waals surface area contributed by atoms with E-state index in [-0.39, 0.29) is 18.2 Å². The van der Waals surface area contributed by atoms with Crippen LogP contribution in [0.1, 0.15) is 50.5 Å². The number of carbonyl (C=O) groups excluding carboxylic acids is 1. The smallest absolute Gasteiger partial charge is 0.304 e. The first-order chi connectivity index (χ1) is 9.63. The Hall–Kier alpha value is -1.84. The highest BCUT2D eigenvalue weighted by Crippen LogP contribution is 2.38. The summed E-state index contributed by atoms with van der Waals surface area (Å²) in [4.78, 5) is 25.0. The Labute approximate surface area is 119 Å². The van der Waals surface area contributed by atoms with Crippen molar-refractivity contribution >= 4 is 17.6 Å². The van der Waals surface area contributed by atoms with Crippen LogP contribution in [-0.4, -0.2) is 23.5 Å². The van der Waals surface area contributed by atoms with Crippen LogP contribution in [0.5, 0.6) is 0 Å². The van der Waals surface area contributed by atoms with Gasteiger partial charge in [-0.15, -0.1) is 0 Å². The van der Waals surface area contributed by atoms with Gasteiger partial charge >= 0.3 is 5.97 Å². The molecule has 20 heavy (non-hydrogen) atoms. The van der Waals surface area contributed by atoms with Gasteiger partial charge in [-0.05, 0) is 18.1 Å². The number of rotatable bonds is 6. The number of para-hydroxylation sites is 1. The first kappa shape index (κ1) is 14.6. The molecule has 1 aliphatic heterocycles. The van der Waals surface area contributed by atoms with Gasteiger partial charge in [-0.2, -0.15) is 0 Å². The first-order valence-electron chi connectivity index (χ1n) is 7.24. The number of unbranched alkanes of at least 4 members (excludes halogenated alkanes) is 2. The van der Waals surface area contributed by atoms with E-state index in [2.05, 4.69) is 6.92 Å². The van der Waals surface area contributed by atoms with Crippen molar-refractivity contribution in [3.8, 4) is 0 Å². The monoisotopic (exact) mass is 275 g/mol. The maximum atomic E-state index is 12.3. The van der Waals surface area contributed by atoms with Crippen molar-refractivity contribution in [2.24, 2.45) is 0 Å². The van der Waals surface area contributed by atoms with Crippen molar-refractivity contribution in [1.29, 1.82) is 0 Å². The summed E-state index contributed by atoms with van der Waals surface area (Å²) in [5.41, 5.74) is 1.87. The number of carboxylic acid groups (broad SMARTS) is 1. The molecule has 4 heteroatoms. The average molecular weight is 275 g/mol. The summed E-state index contributed by atoms with van der Waals surface area (Å²) < 4.78 is 0. The standard InChI is InChI=1S/C16H21NO3/c1-2-3-4-9-15(18)17-11-12(10-16(19)20)13-7-5-6-8-14(13)17/h5-8,12H,2-4,9-11H2,1H3,(H,19,20). The molecular weight excluding hydrogens is 254 g/mol. The molecule has 0 spiro atoms. The SMILES string of the molecule is CCCCCC(=O)N1CC(CC(=O)O)c2ccccc21. The fourth-order valence-electron chi connectivity index (χ4n) is 2.78. The molecule has 0 aliphatic carbocycles. The van der Waals surface area contributed by atoms with Gasteiger partial charge in [0, 0.05) is 24.6 Å². The van der Waals surface area contributed by atoms with Gasteiger partial charge in [0.15, 0.2) is 0 Å². The fourth-order valence-corrected chi connectivity index (χ4v) is 2.78. The topological polar surface area (TPSA) is 57.6 Å². The summed E-state index contributed by atoms with van der Waals surface area (Å²) in [7, 11) is 0. The van der Waals surface area contributed by atoms with Gasteiger partial charge in [0.1, 0.15) is 0 Å². The van der Waals surface area contributed by atoms with E-state index in [0.29, 0.717) is 13.0 Å². The minimum atomic E-state index is -0.815. The minimum Gasteiger partial charge on any atom is -0.481 e. The number of fused-ring (bicyclic) bond motifs is 1. The Balaban J connectivity index is 2.12. The van der Waals surface area contributed by atoms with E-state index < -0.39 is 5.97 Å². The van der Waals surface area contributed by atoms with Crippen molar-refractivity contribution in [2.45, 2.75) is 44.9 Å². The third-order valence-corrected chi connectivity index (χ3v) is 3.79. The lowest BCUT2D eigenvalue weighted by atomic mass is 9.98. The van der Waals surface area contributed by atoms with Crippen LogP contribution >= 0.6 is 0 Å². The molecule has 1 heterocycles. The zero-order valence-electron chi connectivity index (χ0n) is 11.8. The molecule has 0 fully saturated rings. The Morgan fingerprint density at radius 1 is 1.30 bits per heavy atom. The van der Waals surface area contributed by atoms with Crippen LogP contribution in [0.15, 0.2) is 24.3 Å². The first-order valence-corrected chi connectivity index (χ1v) is 7.24. The van der Waals surface area contributed by atoms with Crippen LogP contribution in [0.2, 0.25) is 0 Å². The molecule has 0 radical (unpaired) electrons. The second-order valence-corrected chi connectivity index (χ2v) is 5.32. The molecule has 0 saturated heterocycles. The summed E-state index contributed by atoms with van der Waals surface area (Å²) in [5, 5.41) is 8.99. The Morgan fingerprint density at radius 3 is 2.75 bits per heavy atom. The Kier molecular flexibility index (Phi) is 4.77. The summed E-state index contributed by atoms with van der Waals surface area (Å²) in [6.45, 7) is 2.61. The predicted octanol–water partition coefficient (Wildman–Crippen LogP) is 3.17. The molecule has 1 aliphatic rings. The summed E-state index contributed by atoms with van der Waals surface area (Å²) in [5.74, 6) is -0.789. The third-order valence-electron chi connectivity index (χ3n) is 3.79. The lowest BCUT2D eigenvalue weighted by molar-refractivity contribution is -0.137. The molecule has 2 rings (SSSR count). The highest BCUT2D eigenvalue weighted by molar-refractivity contribution is 5.96. The predicted molar refractivity (Wildman–Crippen MR) is 77.9 cm³/mol. The number of anilines is 1. The largest absolute Gasteiger partial charge is 0.481 e. The molecule has 1 aromatic rings. The molecule has 1 N–H and O–H groups in total. The van der Waals surface area contributed by atoms with Gasteiger partial charge in [0.2, 0.25) is 5.91 Å². The van der Waals surface area contributed by atoms with E-state index in [4.69, 9.17) is 5.11 Å². The summed E-state index contributed by atoms with van der Waals surface area (Å²) in [6.07, 6.45) is 3.67. The number of amides is 1. The van der Waals surface area contributed by atoms with Gasteiger partial charge in [0.25, 0.3) is 0 Å². The lowest BCUT2D eigenvalue weighted by Gasteiger charge is -2.17. The van der Waals surface area contributed by atoms with Gasteiger partial charge in [0.05, 0.1) is 6.42 Å². The minimum absolute atomic E-state index is 0.0791. The second-order valence-electron chi connectivity index (χ2n) is 5.32. The average Bonchev–Trinajstić information content (AvgIpc) is 2.78. The fraction of sp³-hybridized carbons (Fsp3) is 0.500. The van der Waals surface area contributed by atoms with E-state index in [1.807, 2.05) is 24.3 Å². The quantitative estimate of drug-likeness (QED) is 0.811. The molecule has 1 unspecified atom stereocenters. The molecule has 1 amide bonds. The van der Waals surface area contributed by atoms with Crippen molar-refractivity contribution in [3.05, 3.63) is 29.8 Å². The number of hydrogen-bond donors (Lipinski definition) is 1. The lowest BCUT2D eigenvalue weighted by Crippen LogP contribution is -2.29. The van der Waals surface area contributed by atoms with E-state index in [1.54, 1.807) is 4.90 Å². The molecule has 0 bridgehead atoms. The van der Waals surface area contributed by atoms with Gasteiger partial charge in [-0.1, -0.05) is 38.0 Å². The highest BCUT2D eigenvalue weighted by atomic mass is 16.4. The number of nitrogens with zero attached hydrogens (tertiary/aromatic N) is 1. The van der Waals surface area contributed by atoms with Gasteiger partial charge in [-0.25, -0.2) is 0 Å². The van der Waals surface area contributed by atoms with Crippen LogP contribution in [0, 0.1) is 0 Å². The van der Waals surface area contributed by atoms with Crippen molar-refractivity contribution in [3.63, 3.8) is 0 Å². The number of carboxylic acids is 1. The Bertz CT molecular complexity index is 498. The van der Waals surface area contributed by atoms with E-state index in [0.717, 1.165) is 30.5 Å². The maximum Gasteiger partial charge on any atom is 0.304 e. The van der Waals surface area contributed by atoms with Crippen molar-refractivity contribution in [2.75, 3.05) is 11.4 Å². The van der Waals surface area contributed by atoms with Crippen LogP contribution in [-0.2, 0) is 9.59 Å². The zero-order valence-corrected chi connectivity index (χ0v) is 11.8. The third kappa shape index (κ3) is 3.18. The normalized spacial score (nSPS) is 17.1. The van der Waals surface area contributed by atoms with Crippen LogP contribution < -0.4 is 4.90 Å². The molecule has 1 aromatic carbocycles. The van der Waals surface area contributed by atoms with Crippen LogP contribution in [0.3, 0.4) is 0 Å². The zero-order chi connectivity index (χ0) is 14.5. The highest BCUT2D eigenvalue weighted by Gasteiger charge is 2.32. The van der Waals surface area contributed by atoms with Gasteiger partial charge in [-0.3, -0.25) is 9.59 Å². The number of aliphatic carboxylic acids is 1. The van der Waals surface area contributed by atoms with E-state index in [1.165, 1.54) is 0 Å². The molecule has 0 saturated carbocycles. The number of hydrogen-bond acceptors (Lipinski definition) is 2. The van der Waals surface area contributed by atoms with Crippen molar-refractivity contribution in [1.82, 2.24) is 0 Å². The maximum absolute atomic E-state index is 12.3. The number of benzene rings is 1. The summed E-state index contributed by atoms with van der Waals surface area (Å²) >= 11 is 0. The van der Waals surface area contributed by atoms with E-state index >= 15 is 0 Å². The number of carbonyl (C=O) groups is 2. The Morgan fingerprint density at radius 2 is 2.05 bits per heavy atom. The second kappa shape index (κ2) is 6.55. The van der Waals surface area contributed by atoms with Crippen molar-refractivity contribution < 1.29 is 14.7 Å². The molecular formula is C16H21NO3. The van der Waals surface area contributed by atoms with Gasteiger partial charge < -0.3 is 10.0 Å². The molecule has 4 nitrogen and oxygen atoms in total. The van der Waals surface area contributed by atoms with E-state index in [9.17, 15) is 9.59 Å².